The molecule has 0 aliphatic rings. The van der Waals surface area contributed by atoms with Gasteiger partial charge in [0.05, 0.1) is 34.5 Å². The van der Waals surface area contributed by atoms with Crippen molar-refractivity contribution >= 4 is 44.6 Å². The number of amides is 1. The Morgan fingerprint density at radius 2 is 2.04 bits per heavy atom. The molecule has 5 nitrogen and oxygen atoms in total. The largest absolute Gasteiger partial charge is 0.497 e. The summed E-state index contributed by atoms with van der Waals surface area (Å²) >= 11 is 3.03. The number of pyridine rings is 1. The van der Waals surface area contributed by atoms with Gasteiger partial charge in [0, 0.05) is 16.8 Å². The highest BCUT2D eigenvalue weighted by atomic mass is 32.1. The lowest BCUT2D eigenvalue weighted by Gasteiger charge is -2.08. The standard InChI is InChI=1S/C19H15N3O2S2/c1-11-14(8-12-5-6-13(24-2)9-15(12)20-11)18(23)22-19-21-16(10-26-19)17-4-3-7-25-17/h3-10H,1-2H3,(H,21,22,23). The number of methoxy groups -OCH3 is 1. The van der Waals surface area contributed by atoms with Crippen molar-refractivity contribution in [2.24, 2.45) is 0 Å². The summed E-state index contributed by atoms with van der Waals surface area (Å²) in [7, 11) is 1.62. The number of aromatic nitrogens is 2. The Hall–Kier alpha value is -2.77. The second-order valence-electron chi connectivity index (χ2n) is 5.65. The number of nitrogens with one attached hydrogen (secondary N) is 1. The first-order valence-electron chi connectivity index (χ1n) is 7.90. The van der Waals surface area contributed by atoms with Crippen molar-refractivity contribution in [2.75, 3.05) is 12.4 Å². The van der Waals surface area contributed by atoms with E-state index in [1.165, 1.54) is 11.3 Å². The van der Waals surface area contributed by atoms with Crippen molar-refractivity contribution in [3.8, 4) is 16.3 Å². The van der Waals surface area contributed by atoms with E-state index in [4.69, 9.17) is 4.74 Å². The van der Waals surface area contributed by atoms with E-state index in [1.807, 2.05) is 54.1 Å². The van der Waals surface area contributed by atoms with E-state index in [2.05, 4.69) is 15.3 Å². The molecule has 3 aromatic heterocycles. The lowest BCUT2D eigenvalue weighted by Crippen LogP contribution is -2.14. The van der Waals surface area contributed by atoms with Crippen LogP contribution in [-0.2, 0) is 0 Å². The molecule has 0 aliphatic carbocycles. The molecule has 0 spiro atoms. The molecule has 7 heteroatoms. The third-order valence-corrected chi connectivity index (χ3v) is 5.61. The quantitative estimate of drug-likeness (QED) is 0.541. The SMILES string of the molecule is COc1ccc2cc(C(=O)Nc3nc(-c4cccs4)cs3)c(C)nc2c1. The summed E-state index contributed by atoms with van der Waals surface area (Å²) in [6.07, 6.45) is 0. The van der Waals surface area contributed by atoms with E-state index in [9.17, 15) is 4.79 Å². The van der Waals surface area contributed by atoms with Gasteiger partial charge in [0.2, 0.25) is 0 Å². The molecule has 0 fully saturated rings. The van der Waals surface area contributed by atoms with Gasteiger partial charge in [-0.2, -0.15) is 0 Å². The van der Waals surface area contributed by atoms with Crippen LogP contribution in [0.15, 0.2) is 47.2 Å². The maximum atomic E-state index is 12.7. The monoisotopic (exact) mass is 381 g/mol. The van der Waals surface area contributed by atoms with Crippen LogP contribution >= 0.6 is 22.7 Å². The van der Waals surface area contributed by atoms with Crippen LogP contribution in [0.5, 0.6) is 5.75 Å². The van der Waals surface area contributed by atoms with Gasteiger partial charge in [0.15, 0.2) is 5.13 Å². The van der Waals surface area contributed by atoms with Crippen LogP contribution in [0.1, 0.15) is 16.1 Å². The Labute approximate surface area is 158 Å². The van der Waals surface area contributed by atoms with Gasteiger partial charge in [-0.25, -0.2) is 4.98 Å². The van der Waals surface area contributed by atoms with Crippen molar-refractivity contribution in [1.29, 1.82) is 0 Å². The van der Waals surface area contributed by atoms with Crippen molar-refractivity contribution in [1.82, 2.24) is 9.97 Å². The maximum Gasteiger partial charge on any atom is 0.259 e. The molecule has 0 bridgehead atoms. The van der Waals surface area contributed by atoms with Crippen LogP contribution in [-0.4, -0.2) is 23.0 Å². The van der Waals surface area contributed by atoms with Crippen LogP contribution < -0.4 is 10.1 Å². The highest BCUT2D eigenvalue weighted by Gasteiger charge is 2.14. The molecule has 0 unspecified atom stereocenters. The normalized spacial score (nSPS) is 10.8. The summed E-state index contributed by atoms with van der Waals surface area (Å²) in [6, 6.07) is 11.5. The number of hydrogen-bond acceptors (Lipinski definition) is 6. The Morgan fingerprint density at radius 1 is 1.15 bits per heavy atom. The fourth-order valence-corrected chi connectivity index (χ4v) is 4.10. The smallest absolute Gasteiger partial charge is 0.259 e. The highest BCUT2D eigenvalue weighted by molar-refractivity contribution is 7.16. The molecule has 0 saturated carbocycles. The number of anilines is 1. The molecular formula is C19H15N3O2S2. The number of nitrogens with zero attached hydrogens (tertiary/aromatic N) is 2. The molecule has 26 heavy (non-hydrogen) atoms. The van der Waals surface area contributed by atoms with Gasteiger partial charge in [-0.05, 0) is 36.6 Å². The van der Waals surface area contributed by atoms with Gasteiger partial charge >= 0.3 is 0 Å². The summed E-state index contributed by atoms with van der Waals surface area (Å²) in [4.78, 5) is 22.8. The number of hydrogen-bond donors (Lipinski definition) is 1. The number of carbonyl (C=O) groups is 1. The number of carbonyl (C=O) groups excluding carboxylic acids is 1. The van der Waals surface area contributed by atoms with Gasteiger partial charge in [0.1, 0.15) is 5.75 Å². The molecule has 3 heterocycles. The average molecular weight is 381 g/mol. The number of fused-ring (bicyclic) bond motifs is 1. The zero-order chi connectivity index (χ0) is 18.1. The van der Waals surface area contributed by atoms with Crippen LogP contribution in [0.4, 0.5) is 5.13 Å². The topological polar surface area (TPSA) is 64.1 Å². The molecule has 1 N–H and O–H groups in total. The predicted octanol–water partition coefficient (Wildman–Crippen LogP) is 4.99. The lowest BCUT2D eigenvalue weighted by atomic mass is 10.1. The van der Waals surface area contributed by atoms with E-state index in [0.29, 0.717) is 16.4 Å². The molecule has 4 rings (SSSR count). The Balaban J connectivity index is 1.61. The highest BCUT2D eigenvalue weighted by Crippen LogP contribution is 2.29. The first kappa shape index (κ1) is 16.7. The lowest BCUT2D eigenvalue weighted by molar-refractivity contribution is 0.102. The summed E-state index contributed by atoms with van der Waals surface area (Å²) in [6.45, 7) is 1.83. The van der Waals surface area contributed by atoms with Gasteiger partial charge in [-0.1, -0.05) is 6.07 Å². The molecule has 0 radical (unpaired) electrons. The Morgan fingerprint density at radius 3 is 2.81 bits per heavy atom. The maximum absolute atomic E-state index is 12.7. The second kappa shape index (κ2) is 6.86. The minimum Gasteiger partial charge on any atom is -0.497 e. The number of rotatable bonds is 4. The Bertz CT molecular complexity index is 1090. The summed E-state index contributed by atoms with van der Waals surface area (Å²) in [5.74, 6) is 0.533. The number of thiophene rings is 1. The fraction of sp³-hybridized carbons (Fsp3) is 0.105. The zero-order valence-electron chi connectivity index (χ0n) is 14.1. The molecule has 4 aromatic rings. The summed E-state index contributed by atoms with van der Waals surface area (Å²) in [5, 5.41) is 8.29. The van der Waals surface area contributed by atoms with Gasteiger partial charge < -0.3 is 4.74 Å². The predicted molar refractivity (Wildman–Crippen MR) is 106 cm³/mol. The van der Waals surface area contributed by atoms with Crippen LogP contribution in [0.2, 0.25) is 0 Å². The zero-order valence-corrected chi connectivity index (χ0v) is 15.8. The number of ether oxygens (including phenoxy) is 1. The molecule has 0 saturated heterocycles. The van der Waals surface area contributed by atoms with E-state index in [0.717, 1.165) is 27.2 Å². The van der Waals surface area contributed by atoms with Gasteiger partial charge in [-0.15, -0.1) is 22.7 Å². The van der Waals surface area contributed by atoms with Crippen LogP contribution in [0.3, 0.4) is 0 Å². The summed E-state index contributed by atoms with van der Waals surface area (Å²) < 4.78 is 5.23. The second-order valence-corrected chi connectivity index (χ2v) is 7.46. The minimum absolute atomic E-state index is 0.209. The van der Waals surface area contributed by atoms with Crippen LogP contribution in [0.25, 0.3) is 21.5 Å². The van der Waals surface area contributed by atoms with E-state index in [-0.39, 0.29) is 5.91 Å². The van der Waals surface area contributed by atoms with Gasteiger partial charge in [0.25, 0.3) is 5.91 Å². The van der Waals surface area contributed by atoms with E-state index < -0.39 is 0 Å². The van der Waals surface area contributed by atoms with Crippen molar-refractivity contribution in [2.45, 2.75) is 6.92 Å². The minimum atomic E-state index is -0.209. The van der Waals surface area contributed by atoms with Crippen molar-refractivity contribution in [3.05, 3.63) is 58.4 Å². The van der Waals surface area contributed by atoms with Crippen molar-refractivity contribution in [3.63, 3.8) is 0 Å². The third-order valence-electron chi connectivity index (χ3n) is 3.96. The number of benzene rings is 1. The summed E-state index contributed by atoms with van der Waals surface area (Å²) in [5.41, 5.74) is 2.88. The van der Waals surface area contributed by atoms with Crippen LogP contribution in [0, 0.1) is 6.92 Å². The fourth-order valence-electron chi connectivity index (χ4n) is 2.63. The number of aryl methyl sites for hydroxylation is 1. The molecule has 1 amide bonds. The third kappa shape index (κ3) is 3.18. The van der Waals surface area contributed by atoms with Gasteiger partial charge in [-0.3, -0.25) is 15.1 Å². The molecule has 1 aromatic carbocycles. The first-order chi connectivity index (χ1) is 12.6. The number of thiazole rings is 1. The molecule has 0 aliphatic heterocycles. The Kier molecular flexibility index (Phi) is 4.40. The molecule has 130 valence electrons. The first-order valence-corrected chi connectivity index (χ1v) is 9.66. The van der Waals surface area contributed by atoms with E-state index in [1.54, 1.807) is 18.4 Å². The molecule has 0 atom stereocenters. The van der Waals surface area contributed by atoms with Crippen molar-refractivity contribution < 1.29 is 9.53 Å². The molecular weight excluding hydrogens is 366 g/mol. The average Bonchev–Trinajstić information content (AvgIpc) is 3.32. The van der Waals surface area contributed by atoms with E-state index >= 15 is 0 Å².